The molecule has 4 bridgehead atoms. The lowest BCUT2D eigenvalue weighted by Gasteiger charge is -2.57. The first-order valence-electron chi connectivity index (χ1n) is 6.49. The van der Waals surface area contributed by atoms with Gasteiger partial charge in [-0.1, -0.05) is 0 Å². The van der Waals surface area contributed by atoms with E-state index in [1.807, 2.05) is 0 Å². The zero-order valence-electron chi connectivity index (χ0n) is 10.2. The average molecular weight is 240 g/mol. The third-order valence-corrected chi connectivity index (χ3v) is 4.96. The molecule has 2 atom stereocenters. The number of aliphatic hydroxyl groups is 1. The van der Waals surface area contributed by atoms with Crippen molar-refractivity contribution in [2.24, 2.45) is 23.2 Å². The van der Waals surface area contributed by atoms with E-state index in [0.717, 1.165) is 32.1 Å². The minimum absolute atomic E-state index is 0.0448. The lowest BCUT2D eigenvalue weighted by molar-refractivity contribution is -0.192. The number of hydrogen-bond donors (Lipinski definition) is 1. The molecule has 2 unspecified atom stereocenters. The molecule has 4 saturated carbocycles. The maximum atomic E-state index is 12.2. The molecule has 1 N–H and O–H groups in total. The van der Waals surface area contributed by atoms with Crippen LogP contribution in [-0.4, -0.2) is 31.1 Å². The van der Waals surface area contributed by atoms with E-state index in [1.165, 1.54) is 7.11 Å². The van der Waals surface area contributed by atoms with E-state index in [1.54, 1.807) is 0 Å². The van der Waals surface area contributed by atoms with Crippen LogP contribution in [-0.2, 0) is 14.3 Å². The lowest BCUT2D eigenvalue weighted by atomic mass is 9.48. The maximum absolute atomic E-state index is 12.2. The fraction of sp³-hybridized carbons (Fsp3) is 0.923. The van der Waals surface area contributed by atoms with Crippen LogP contribution in [0.4, 0.5) is 0 Å². The Morgan fingerprint density at radius 1 is 1.29 bits per heavy atom. The van der Waals surface area contributed by atoms with E-state index in [-0.39, 0.29) is 24.3 Å². The van der Waals surface area contributed by atoms with Gasteiger partial charge in [0.15, 0.2) is 6.79 Å². The number of ether oxygens (including phenoxy) is 2. The minimum atomic E-state index is -0.311. The summed E-state index contributed by atoms with van der Waals surface area (Å²) in [4.78, 5) is 12.2. The predicted molar refractivity (Wildman–Crippen MR) is 60.0 cm³/mol. The molecule has 0 amide bonds. The summed E-state index contributed by atoms with van der Waals surface area (Å²) in [5, 5.41) is 10.1. The summed E-state index contributed by atoms with van der Waals surface area (Å²) >= 11 is 0. The summed E-state index contributed by atoms with van der Waals surface area (Å²) in [6, 6.07) is 0. The van der Waals surface area contributed by atoms with Gasteiger partial charge in [-0.05, 0) is 49.9 Å². The van der Waals surface area contributed by atoms with Crippen molar-refractivity contribution in [3.63, 3.8) is 0 Å². The van der Waals surface area contributed by atoms with Crippen molar-refractivity contribution in [2.75, 3.05) is 13.9 Å². The average Bonchev–Trinajstić information content (AvgIpc) is 2.31. The maximum Gasteiger partial charge on any atom is 0.314 e. The molecule has 4 aliphatic rings. The summed E-state index contributed by atoms with van der Waals surface area (Å²) in [6.07, 6.45) is 4.58. The molecule has 0 radical (unpaired) electrons. The second kappa shape index (κ2) is 3.95. The van der Waals surface area contributed by atoms with Crippen LogP contribution < -0.4 is 0 Å². The van der Waals surface area contributed by atoms with Crippen LogP contribution in [0, 0.1) is 23.2 Å². The van der Waals surface area contributed by atoms with E-state index in [2.05, 4.69) is 0 Å². The molecule has 0 aromatic carbocycles. The van der Waals surface area contributed by atoms with Crippen molar-refractivity contribution >= 4 is 5.97 Å². The second-order valence-electron chi connectivity index (χ2n) is 6.08. The number of methoxy groups -OCH3 is 1. The van der Waals surface area contributed by atoms with Gasteiger partial charge in [0.05, 0.1) is 11.5 Å². The highest BCUT2D eigenvalue weighted by Crippen LogP contribution is 2.60. The van der Waals surface area contributed by atoms with E-state index >= 15 is 0 Å². The summed E-state index contributed by atoms with van der Waals surface area (Å²) in [5.74, 6) is 1.14. The Morgan fingerprint density at radius 3 is 2.53 bits per heavy atom. The van der Waals surface area contributed by atoms with Gasteiger partial charge in [0.2, 0.25) is 0 Å². The highest BCUT2D eigenvalue weighted by Gasteiger charge is 2.58. The zero-order chi connectivity index (χ0) is 12.0. The second-order valence-corrected chi connectivity index (χ2v) is 6.08. The fourth-order valence-corrected chi connectivity index (χ4v) is 4.51. The van der Waals surface area contributed by atoms with Gasteiger partial charge < -0.3 is 14.6 Å². The van der Waals surface area contributed by atoms with Crippen molar-refractivity contribution in [3.8, 4) is 0 Å². The van der Waals surface area contributed by atoms with Crippen LogP contribution in [0.15, 0.2) is 0 Å². The SMILES string of the molecule is COCOC(=O)C12CC3CC(C1)C(O)C(C3)C2. The third-order valence-electron chi connectivity index (χ3n) is 4.96. The molecule has 0 saturated heterocycles. The monoisotopic (exact) mass is 240 g/mol. The number of hydrogen-bond acceptors (Lipinski definition) is 4. The van der Waals surface area contributed by atoms with Crippen molar-refractivity contribution in [3.05, 3.63) is 0 Å². The smallest absolute Gasteiger partial charge is 0.314 e. The lowest BCUT2D eigenvalue weighted by Crippen LogP contribution is -2.56. The normalized spacial score (nSPS) is 47.2. The predicted octanol–water partition coefficient (Wildman–Crippen LogP) is 1.32. The number of aliphatic hydroxyl groups excluding tert-OH is 1. The standard InChI is InChI=1S/C13H20O4/c1-16-7-17-12(15)13-4-8-2-9(5-13)11(14)10(3-8)6-13/h8-11,14H,2-7H2,1H3. The largest absolute Gasteiger partial charge is 0.438 e. The molecule has 0 aliphatic heterocycles. The molecule has 4 heteroatoms. The van der Waals surface area contributed by atoms with Gasteiger partial charge >= 0.3 is 5.97 Å². The Labute approximate surface area is 101 Å². The highest BCUT2D eigenvalue weighted by atomic mass is 16.7. The van der Waals surface area contributed by atoms with Gasteiger partial charge in [0.25, 0.3) is 0 Å². The van der Waals surface area contributed by atoms with Crippen molar-refractivity contribution in [1.29, 1.82) is 0 Å². The van der Waals surface area contributed by atoms with Crippen LogP contribution in [0.1, 0.15) is 32.1 Å². The molecule has 4 fully saturated rings. The first kappa shape index (κ1) is 11.5. The van der Waals surface area contributed by atoms with Crippen molar-refractivity contribution < 1.29 is 19.4 Å². The minimum Gasteiger partial charge on any atom is -0.438 e. The molecule has 17 heavy (non-hydrogen) atoms. The van der Waals surface area contributed by atoms with Crippen LogP contribution >= 0.6 is 0 Å². The Morgan fingerprint density at radius 2 is 1.94 bits per heavy atom. The molecule has 0 aromatic heterocycles. The van der Waals surface area contributed by atoms with Gasteiger partial charge in [0, 0.05) is 7.11 Å². The first-order valence-corrected chi connectivity index (χ1v) is 6.49. The molecule has 0 aromatic rings. The summed E-state index contributed by atoms with van der Waals surface area (Å²) in [6.45, 7) is 0.0448. The number of carbonyl (C=O) groups is 1. The van der Waals surface area contributed by atoms with Crippen molar-refractivity contribution in [1.82, 2.24) is 0 Å². The van der Waals surface area contributed by atoms with E-state index < -0.39 is 0 Å². The van der Waals surface area contributed by atoms with Gasteiger partial charge in [-0.3, -0.25) is 4.79 Å². The molecule has 4 aliphatic carbocycles. The van der Waals surface area contributed by atoms with E-state index in [4.69, 9.17) is 9.47 Å². The number of esters is 1. The highest BCUT2D eigenvalue weighted by molar-refractivity contribution is 5.77. The zero-order valence-corrected chi connectivity index (χ0v) is 10.2. The third kappa shape index (κ3) is 1.69. The van der Waals surface area contributed by atoms with Gasteiger partial charge in [-0.2, -0.15) is 0 Å². The first-order chi connectivity index (χ1) is 8.14. The van der Waals surface area contributed by atoms with Crippen LogP contribution in [0.3, 0.4) is 0 Å². The molecular formula is C13H20O4. The van der Waals surface area contributed by atoms with Crippen molar-refractivity contribution in [2.45, 2.75) is 38.2 Å². The molecule has 96 valence electrons. The number of carbonyl (C=O) groups excluding carboxylic acids is 1. The molecule has 4 nitrogen and oxygen atoms in total. The Hall–Kier alpha value is -0.610. The van der Waals surface area contributed by atoms with Gasteiger partial charge in [0.1, 0.15) is 0 Å². The Kier molecular flexibility index (Phi) is 2.67. The molecule has 0 heterocycles. The molecule has 0 spiro atoms. The summed E-state index contributed by atoms with van der Waals surface area (Å²) in [7, 11) is 1.52. The van der Waals surface area contributed by atoms with Crippen LogP contribution in [0.2, 0.25) is 0 Å². The topological polar surface area (TPSA) is 55.8 Å². The van der Waals surface area contributed by atoms with Gasteiger partial charge in [-0.15, -0.1) is 0 Å². The Bertz CT molecular complexity index is 311. The number of rotatable bonds is 3. The van der Waals surface area contributed by atoms with E-state index in [9.17, 15) is 9.90 Å². The molecule has 4 rings (SSSR count). The van der Waals surface area contributed by atoms with Gasteiger partial charge in [-0.25, -0.2) is 0 Å². The van der Waals surface area contributed by atoms with E-state index in [0.29, 0.717) is 17.8 Å². The van der Waals surface area contributed by atoms with Crippen LogP contribution in [0.5, 0.6) is 0 Å². The quantitative estimate of drug-likeness (QED) is 0.597. The molecular weight excluding hydrogens is 220 g/mol. The van der Waals surface area contributed by atoms with Crippen LogP contribution in [0.25, 0.3) is 0 Å². The summed E-state index contributed by atoms with van der Waals surface area (Å²) in [5.41, 5.74) is -0.311. The summed E-state index contributed by atoms with van der Waals surface area (Å²) < 4.78 is 9.97. The Balaban J connectivity index is 1.78. The fourth-order valence-electron chi connectivity index (χ4n) is 4.51.